The van der Waals surface area contributed by atoms with E-state index in [1.54, 1.807) is 7.05 Å². The summed E-state index contributed by atoms with van der Waals surface area (Å²) in [6.45, 7) is 0. The highest BCUT2D eigenvalue weighted by Crippen LogP contribution is 2.27. The molecule has 0 saturated carbocycles. The lowest BCUT2D eigenvalue weighted by Crippen LogP contribution is -2.02. The second-order valence-corrected chi connectivity index (χ2v) is 4.32. The van der Waals surface area contributed by atoms with Crippen LogP contribution in [-0.2, 0) is 7.05 Å². The van der Waals surface area contributed by atoms with Crippen LogP contribution in [0.3, 0.4) is 0 Å². The first kappa shape index (κ1) is 11.8. The summed E-state index contributed by atoms with van der Waals surface area (Å²) in [5, 5.41) is 20.7. The highest BCUT2D eigenvalue weighted by molar-refractivity contribution is 7.99. The van der Waals surface area contributed by atoms with Crippen LogP contribution in [0.15, 0.2) is 22.3 Å². The molecule has 0 bridgehead atoms. The molecule has 0 atom stereocenters. The largest absolute Gasteiger partial charge is 0.478 e. The fourth-order valence-electron chi connectivity index (χ4n) is 1.05. The zero-order valence-corrected chi connectivity index (χ0v) is 10.1. The Kier molecular flexibility index (Phi) is 3.25. The van der Waals surface area contributed by atoms with Crippen LogP contribution in [0.25, 0.3) is 0 Å². The quantitative estimate of drug-likeness (QED) is 0.836. The monoisotopic (exact) mass is 271 g/mol. The van der Waals surface area contributed by atoms with Crippen molar-refractivity contribution < 1.29 is 9.90 Å². The van der Waals surface area contributed by atoms with Crippen molar-refractivity contribution in [1.82, 2.24) is 25.2 Å². The van der Waals surface area contributed by atoms with Crippen molar-refractivity contribution in [2.24, 2.45) is 7.05 Å². The predicted molar refractivity (Wildman–Crippen MR) is 59.1 cm³/mol. The highest BCUT2D eigenvalue weighted by Gasteiger charge is 2.16. The number of aryl methyl sites for hydroxylation is 1. The highest BCUT2D eigenvalue weighted by atomic mass is 35.5. The molecule has 0 amide bonds. The molecule has 2 aromatic heterocycles. The standard InChI is InChI=1S/C8H6ClN5O2S/c1-14-8(11-12-13-14)17-6-4(7(15)16)2-3-5(9)10-6/h2-3H,1H3,(H,15,16). The van der Waals surface area contributed by atoms with Crippen molar-refractivity contribution in [3.05, 3.63) is 22.8 Å². The van der Waals surface area contributed by atoms with E-state index in [4.69, 9.17) is 16.7 Å². The minimum Gasteiger partial charge on any atom is -0.478 e. The summed E-state index contributed by atoms with van der Waals surface area (Å²) in [6.07, 6.45) is 0. The first-order valence-corrected chi connectivity index (χ1v) is 5.57. The Hall–Kier alpha value is -1.67. The number of rotatable bonds is 3. The van der Waals surface area contributed by atoms with E-state index in [9.17, 15) is 4.79 Å². The minimum absolute atomic E-state index is 0.0578. The van der Waals surface area contributed by atoms with E-state index < -0.39 is 5.97 Å². The van der Waals surface area contributed by atoms with Gasteiger partial charge in [0.1, 0.15) is 10.2 Å². The number of nitrogens with zero attached hydrogens (tertiary/aromatic N) is 5. The third-order valence-corrected chi connectivity index (χ3v) is 3.07. The molecular formula is C8H6ClN5O2S. The molecular weight excluding hydrogens is 266 g/mol. The van der Waals surface area contributed by atoms with Gasteiger partial charge in [-0.05, 0) is 34.3 Å². The number of halogens is 1. The third kappa shape index (κ3) is 2.53. The second kappa shape index (κ2) is 4.68. The van der Waals surface area contributed by atoms with Gasteiger partial charge in [-0.25, -0.2) is 14.5 Å². The van der Waals surface area contributed by atoms with Crippen LogP contribution >= 0.6 is 23.4 Å². The first-order valence-electron chi connectivity index (χ1n) is 4.38. The molecule has 7 nitrogen and oxygen atoms in total. The maximum atomic E-state index is 11.0. The summed E-state index contributed by atoms with van der Waals surface area (Å²) >= 11 is 6.77. The minimum atomic E-state index is -1.08. The molecule has 1 N–H and O–H groups in total. The van der Waals surface area contributed by atoms with Crippen molar-refractivity contribution in [2.75, 3.05) is 0 Å². The van der Waals surface area contributed by atoms with Crippen LogP contribution in [0.5, 0.6) is 0 Å². The van der Waals surface area contributed by atoms with Crippen molar-refractivity contribution in [1.29, 1.82) is 0 Å². The van der Waals surface area contributed by atoms with Crippen LogP contribution in [-0.4, -0.2) is 36.3 Å². The number of aromatic nitrogens is 5. The summed E-state index contributed by atoms with van der Waals surface area (Å²) in [5.41, 5.74) is 0.0578. The van der Waals surface area contributed by atoms with Gasteiger partial charge in [0, 0.05) is 7.05 Å². The van der Waals surface area contributed by atoms with Crippen molar-refractivity contribution in [2.45, 2.75) is 10.2 Å². The second-order valence-electron chi connectivity index (χ2n) is 2.98. The van der Waals surface area contributed by atoms with Gasteiger partial charge >= 0.3 is 5.97 Å². The molecule has 2 heterocycles. The average molecular weight is 272 g/mol. The van der Waals surface area contributed by atoms with Crippen LogP contribution in [0.1, 0.15) is 10.4 Å². The zero-order valence-electron chi connectivity index (χ0n) is 8.53. The normalized spacial score (nSPS) is 10.5. The number of carboxylic acid groups (broad SMARTS) is 1. The Bertz CT molecular complexity index is 573. The molecule has 0 saturated heterocycles. The first-order chi connectivity index (χ1) is 8.08. The van der Waals surface area contributed by atoms with E-state index in [1.165, 1.54) is 16.8 Å². The van der Waals surface area contributed by atoms with Crippen LogP contribution in [0.2, 0.25) is 5.15 Å². The molecule has 0 aliphatic carbocycles. The fraction of sp³-hybridized carbons (Fsp3) is 0.125. The summed E-state index contributed by atoms with van der Waals surface area (Å²) in [6, 6.07) is 2.81. The van der Waals surface area contributed by atoms with Crippen LogP contribution in [0.4, 0.5) is 0 Å². The lowest BCUT2D eigenvalue weighted by Gasteiger charge is -2.03. The Morgan fingerprint density at radius 3 is 2.88 bits per heavy atom. The summed E-state index contributed by atoms with van der Waals surface area (Å²) in [7, 11) is 1.65. The van der Waals surface area contributed by atoms with Gasteiger partial charge < -0.3 is 5.11 Å². The number of tetrazole rings is 1. The number of carboxylic acids is 1. The lowest BCUT2D eigenvalue weighted by atomic mass is 10.3. The molecule has 0 radical (unpaired) electrons. The Balaban J connectivity index is 2.41. The van der Waals surface area contributed by atoms with Gasteiger partial charge in [-0.3, -0.25) is 0 Å². The van der Waals surface area contributed by atoms with Gasteiger partial charge in [0.15, 0.2) is 0 Å². The topological polar surface area (TPSA) is 93.8 Å². The van der Waals surface area contributed by atoms with Gasteiger partial charge in [-0.2, -0.15) is 0 Å². The molecule has 0 aliphatic rings. The number of aromatic carboxylic acids is 1. The van der Waals surface area contributed by atoms with Crippen molar-refractivity contribution in [3.8, 4) is 0 Å². The summed E-state index contributed by atoms with van der Waals surface area (Å²) < 4.78 is 1.42. The number of hydrogen-bond donors (Lipinski definition) is 1. The smallest absolute Gasteiger partial charge is 0.338 e. The van der Waals surface area contributed by atoms with E-state index >= 15 is 0 Å². The van der Waals surface area contributed by atoms with E-state index in [1.807, 2.05) is 0 Å². The number of hydrogen-bond acceptors (Lipinski definition) is 6. The molecule has 2 aromatic rings. The van der Waals surface area contributed by atoms with Gasteiger partial charge in [0.2, 0.25) is 5.16 Å². The molecule has 0 spiro atoms. The maximum absolute atomic E-state index is 11.0. The lowest BCUT2D eigenvalue weighted by molar-refractivity contribution is 0.0692. The third-order valence-electron chi connectivity index (χ3n) is 1.83. The Morgan fingerprint density at radius 1 is 1.53 bits per heavy atom. The Morgan fingerprint density at radius 2 is 2.29 bits per heavy atom. The summed E-state index contributed by atoms with van der Waals surface area (Å²) in [5.74, 6) is -1.08. The van der Waals surface area contributed by atoms with Crippen molar-refractivity contribution >= 4 is 29.3 Å². The molecule has 2 rings (SSSR count). The van der Waals surface area contributed by atoms with E-state index in [-0.39, 0.29) is 15.7 Å². The van der Waals surface area contributed by atoms with Crippen LogP contribution in [0, 0.1) is 0 Å². The molecule has 0 aromatic carbocycles. The SMILES string of the molecule is Cn1nnnc1Sc1nc(Cl)ccc1C(=O)O. The van der Waals surface area contributed by atoms with Gasteiger partial charge in [-0.15, -0.1) is 5.10 Å². The number of pyridine rings is 1. The Labute approximate surface area is 105 Å². The maximum Gasteiger partial charge on any atom is 0.338 e. The summed E-state index contributed by atoms with van der Waals surface area (Å²) in [4.78, 5) is 14.9. The van der Waals surface area contributed by atoms with Crippen LogP contribution < -0.4 is 0 Å². The molecule has 0 aliphatic heterocycles. The van der Waals surface area contributed by atoms with Gasteiger partial charge in [0.05, 0.1) is 5.56 Å². The predicted octanol–water partition coefficient (Wildman–Crippen LogP) is 1.11. The van der Waals surface area contributed by atoms with Crippen molar-refractivity contribution in [3.63, 3.8) is 0 Å². The molecule has 88 valence electrons. The fourth-order valence-corrected chi connectivity index (χ4v) is 2.08. The zero-order chi connectivity index (χ0) is 12.4. The molecule has 0 fully saturated rings. The number of carbonyl (C=O) groups is 1. The van der Waals surface area contributed by atoms with E-state index in [0.717, 1.165) is 11.8 Å². The average Bonchev–Trinajstić information content (AvgIpc) is 2.64. The van der Waals surface area contributed by atoms with Gasteiger partial charge in [-0.1, -0.05) is 11.6 Å². The van der Waals surface area contributed by atoms with E-state index in [2.05, 4.69) is 20.5 Å². The van der Waals surface area contributed by atoms with Gasteiger partial charge in [0.25, 0.3) is 0 Å². The molecule has 9 heteroatoms. The van der Waals surface area contributed by atoms with E-state index in [0.29, 0.717) is 5.16 Å². The molecule has 0 unspecified atom stereocenters. The molecule has 17 heavy (non-hydrogen) atoms.